The zero-order valence-corrected chi connectivity index (χ0v) is 9.47. The van der Waals surface area contributed by atoms with E-state index in [1.807, 2.05) is 0 Å². The van der Waals surface area contributed by atoms with E-state index >= 15 is 0 Å². The molecule has 1 aliphatic rings. The van der Waals surface area contributed by atoms with Gasteiger partial charge in [-0.3, -0.25) is 0 Å². The number of nitrogens with two attached hydrogens (primary N) is 1. The number of hydrogen-bond donors (Lipinski definition) is 1. The Hall–Kier alpha value is -0.600. The molecular weight excluding hydrogens is 213 g/mol. The van der Waals surface area contributed by atoms with Crippen LogP contribution in [0.25, 0.3) is 0 Å². The maximum atomic E-state index is 13.6. The van der Waals surface area contributed by atoms with Gasteiger partial charge in [0.15, 0.2) is 0 Å². The molecule has 3 heteroatoms. The Bertz CT molecular complexity index is 367. The highest BCUT2D eigenvalue weighted by Crippen LogP contribution is 2.40. The molecule has 3 atom stereocenters. The Morgan fingerprint density at radius 1 is 1.60 bits per heavy atom. The summed E-state index contributed by atoms with van der Waals surface area (Å²) in [5.74, 6) is 0.938. The third kappa shape index (κ3) is 2.32. The minimum atomic E-state index is -0.317. The molecule has 0 aliphatic heterocycles. The second kappa shape index (κ2) is 4.11. The Labute approximate surface area is 94.4 Å². The summed E-state index contributed by atoms with van der Waals surface area (Å²) in [6.45, 7) is 2.18. The number of halogens is 2. The van der Waals surface area contributed by atoms with Crippen molar-refractivity contribution < 1.29 is 4.39 Å². The summed E-state index contributed by atoms with van der Waals surface area (Å²) in [7, 11) is 0. The summed E-state index contributed by atoms with van der Waals surface area (Å²) < 4.78 is 13.6. The van der Waals surface area contributed by atoms with Gasteiger partial charge in [-0.1, -0.05) is 30.7 Å². The van der Waals surface area contributed by atoms with Crippen LogP contribution in [-0.4, -0.2) is 6.04 Å². The largest absolute Gasteiger partial charge is 0.327 e. The lowest BCUT2D eigenvalue weighted by Crippen LogP contribution is -2.26. The molecule has 82 valence electrons. The van der Waals surface area contributed by atoms with E-state index < -0.39 is 0 Å². The van der Waals surface area contributed by atoms with Crippen LogP contribution < -0.4 is 5.73 Å². The molecule has 1 aromatic rings. The molecule has 1 saturated carbocycles. The Morgan fingerprint density at radius 3 is 2.87 bits per heavy atom. The summed E-state index contributed by atoms with van der Waals surface area (Å²) in [5, 5.41) is 0.184. The van der Waals surface area contributed by atoms with Crippen LogP contribution in [0.5, 0.6) is 0 Å². The van der Waals surface area contributed by atoms with E-state index in [0.29, 0.717) is 23.8 Å². The second-order valence-corrected chi connectivity index (χ2v) is 4.86. The average molecular weight is 228 g/mol. The summed E-state index contributed by atoms with van der Waals surface area (Å²) in [5.41, 5.74) is 6.64. The third-order valence-corrected chi connectivity index (χ3v) is 3.50. The van der Waals surface area contributed by atoms with Crippen molar-refractivity contribution in [2.45, 2.75) is 25.8 Å². The molecule has 0 bridgehead atoms. The van der Waals surface area contributed by atoms with Gasteiger partial charge in [0.1, 0.15) is 5.82 Å². The third-order valence-electron chi connectivity index (χ3n) is 3.21. The first-order valence-corrected chi connectivity index (χ1v) is 5.66. The van der Waals surface area contributed by atoms with Crippen LogP contribution in [0.1, 0.15) is 18.9 Å². The lowest BCUT2D eigenvalue weighted by Gasteiger charge is -2.11. The molecule has 0 saturated heterocycles. The first-order chi connectivity index (χ1) is 7.09. The molecule has 2 rings (SSSR count). The molecule has 3 unspecified atom stereocenters. The Morgan fingerprint density at radius 2 is 2.27 bits per heavy atom. The van der Waals surface area contributed by atoms with Gasteiger partial charge in [0.25, 0.3) is 0 Å². The lowest BCUT2D eigenvalue weighted by molar-refractivity contribution is 0.536. The molecule has 0 amide bonds. The predicted molar refractivity (Wildman–Crippen MR) is 60.4 cm³/mol. The van der Waals surface area contributed by atoms with Gasteiger partial charge < -0.3 is 5.73 Å². The predicted octanol–water partition coefficient (Wildman–Crippen LogP) is 3.00. The van der Waals surface area contributed by atoms with E-state index in [9.17, 15) is 4.39 Å². The van der Waals surface area contributed by atoms with Crippen molar-refractivity contribution in [1.29, 1.82) is 0 Å². The van der Waals surface area contributed by atoms with Crippen molar-refractivity contribution in [3.8, 4) is 0 Å². The van der Waals surface area contributed by atoms with Crippen LogP contribution in [0.2, 0.25) is 5.02 Å². The summed E-state index contributed by atoms with van der Waals surface area (Å²) in [6.07, 6.45) is 1.75. The van der Waals surface area contributed by atoms with E-state index in [-0.39, 0.29) is 16.9 Å². The van der Waals surface area contributed by atoms with Crippen LogP contribution in [-0.2, 0) is 6.42 Å². The maximum absolute atomic E-state index is 13.6. The van der Waals surface area contributed by atoms with E-state index in [1.165, 1.54) is 6.42 Å². The Balaban J connectivity index is 2.07. The lowest BCUT2D eigenvalue weighted by atomic mass is 10.0. The second-order valence-electron chi connectivity index (χ2n) is 4.46. The molecular formula is C12H15ClFN. The topological polar surface area (TPSA) is 26.0 Å². The molecule has 0 aromatic heterocycles. The highest BCUT2D eigenvalue weighted by Gasteiger charge is 2.37. The zero-order valence-electron chi connectivity index (χ0n) is 8.71. The van der Waals surface area contributed by atoms with Crippen LogP contribution >= 0.6 is 11.6 Å². The van der Waals surface area contributed by atoms with Crippen molar-refractivity contribution in [3.05, 3.63) is 34.6 Å². The highest BCUT2D eigenvalue weighted by molar-refractivity contribution is 6.30. The molecule has 2 N–H and O–H groups in total. The standard InChI is InChI=1S/C12H15ClFN/c1-7-5-9(7)11(15)6-8-3-2-4-10(13)12(8)14/h2-4,7,9,11H,5-6,15H2,1H3. The van der Waals surface area contributed by atoms with Crippen molar-refractivity contribution in [3.63, 3.8) is 0 Å². The van der Waals surface area contributed by atoms with Gasteiger partial charge in [-0.15, -0.1) is 0 Å². The molecule has 1 nitrogen and oxygen atoms in total. The van der Waals surface area contributed by atoms with Crippen molar-refractivity contribution in [2.24, 2.45) is 17.6 Å². The first-order valence-electron chi connectivity index (χ1n) is 5.28. The fraction of sp³-hybridized carbons (Fsp3) is 0.500. The maximum Gasteiger partial charge on any atom is 0.145 e. The summed E-state index contributed by atoms with van der Waals surface area (Å²) in [4.78, 5) is 0. The van der Waals surface area contributed by atoms with Crippen LogP contribution in [0.4, 0.5) is 4.39 Å². The van der Waals surface area contributed by atoms with Gasteiger partial charge in [-0.2, -0.15) is 0 Å². The average Bonchev–Trinajstić information content (AvgIpc) is 2.91. The molecule has 0 radical (unpaired) electrons. The molecule has 1 aliphatic carbocycles. The smallest absolute Gasteiger partial charge is 0.145 e. The fourth-order valence-electron chi connectivity index (χ4n) is 2.06. The van der Waals surface area contributed by atoms with E-state index in [1.54, 1.807) is 18.2 Å². The zero-order chi connectivity index (χ0) is 11.0. The van der Waals surface area contributed by atoms with Gasteiger partial charge in [-0.05, 0) is 36.3 Å². The van der Waals surface area contributed by atoms with Crippen molar-refractivity contribution >= 4 is 11.6 Å². The normalized spacial score (nSPS) is 26.4. The monoisotopic (exact) mass is 227 g/mol. The molecule has 1 aromatic carbocycles. The van der Waals surface area contributed by atoms with Gasteiger partial charge in [-0.25, -0.2) is 4.39 Å². The van der Waals surface area contributed by atoms with Crippen LogP contribution in [0.15, 0.2) is 18.2 Å². The fourth-order valence-corrected chi connectivity index (χ4v) is 2.25. The first kappa shape index (κ1) is 10.9. The van der Waals surface area contributed by atoms with Crippen molar-refractivity contribution in [2.75, 3.05) is 0 Å². The summed E-state index contributed by atoms with van der Waals surface area (Å²) in [6, 6.07) is 5.15. The molecule has 0 heterocycles. The summed E-state index contributed by atoms with van der Waals surface area (Å²) >= 11 is 5.71. The van der Waals surface area contributed by atoms with Gasteiger partial charge in [0, 0.05) is 6.04 Å². The SMILES string of the molecule is CC1CC1C(N)Cc1cccc(Cl)c1F. The van der Waals surface area contributed by atoms with E-state index in [0.717, 1.165) is 0 Å². The highest BCUT2D eigenvalue weighted by atomic mass is 35.5. The van der Waals surface area contributed by atoms with Crippen LogP contribution in [0.3, 0.4) is 0 Å². The minimum Gasteiger partial charge on any atom is -0.327 e. The number of rotatable bonds is 3. The number of benzene rings is 1. The molecule has 15 heavy (non-hydrogen) atoms. The van der Waals surface area contributed by atoms with E-state index in [2.05, 4.69) is 6.92 Å². The molecule has 0 spiro atoms. The molecule has 1 fully saturated rings. The van der Waals surface area contributed by atoms with Crippen molar-refractivity contribution in [1.82, 2.24) is 0 Å². The van der Waals surface area contributed by atoms with Crippen LogP contribution in [0, 0.1) is 17.7 Å². The Kier molecular flexibility index (Phi) is 2.98. The van der Waals surface area contributed by atoms with Gasteiger partial charge >= 0.3 is 0 Å². The minimum absolute atomic E-state index is 0.0629. The van der Waals surface area contributed by atoms with Gasteiger partial charge in [0.05, 0.1) is 5.02 Å². The quantitative estimate of drug-likeness (QED) is 0.844. The number of hydrogen-bond acceptors (Lipinski definition) is 1. The van der Waals surface area contributed by atoms with Gasteiger partial charge in [0.2, 0.25) is 0 Å². The van der Waals surface area contributed by atoms with E-state index in [4.69, 9.17) is 17.3 Å².